The zero-order valence-corrected chi connectivity index (χ0v) is 38.6. The summed E-state index contributed by atoms with van der Waals surface area (Å²) in [7, 11) is 2.54. The van der Waals surface area contributed by atoms with Gasteiger partial charge in [0.15, 0.2) is 0 Å². The van der Waals surface area contributed by atoms with E-state index < -0.39 is 30.2 Å². The molecule has 0 radical (unpaired) electrons. The van der Waals surface area contributed by atoms with E-state index in [4.69, 9.17) is 19.4 Å². The van der Waals surface area contributed by atoms with Gasteiger partial charge in [0.25, 0.3) is 5.92 Å². The number of hydrogen-bond donors (Lipinski definition) is 4. The molecule has 66 heavy (non-hydrogen) atoms. The summed E-state index contributed by atoms with van der Waals surface area (Å²) in [5, 5.41) is 5.43. The van der Waals surface area contributed by atoms with Crippen molar-refractivity contribution in [2.75, 3.05) is 20.8 Å². The number of halogens is 2. The molecule has 4 amide bonds. The summed E-state index contributed by atoms with van der Waals surface area (Å²) in [6, 6.07) is 13.5. The van der Waals surface area contributed by atoms with Crippen LogP contribution in [-0.4, -0.2) is 92.6 Å². The molecule has 1 saturated carbocycles. The van der Waals surface area contributed by atoms with Gasteiger partial charge in [0.05, 0.1) is 49.2 Å². The second-order valence-corrected chi connectivity index (χ2v) is 19.6. The van der Waals surface area contributed by atoms with Crippen LogP contribution in [0.15, 0.2) is 60.8 Å². The summed E-state index contributed by atoms with van der Waals surface area (Å²) in [5.74, 6) is -2.81. The van der Waals surface area contributed by atoms with Crippen molar-refractivity contribution in [3.8, 4) is 33.5 Å². The molecule has 4 N–H and O–H groups in total. The molecule has 348 valence electrons. The first-order chi connectivity index (χ1) is 31.4. The van der Waals surface area contributed by atoms with Gasteiger partial charge in [-0.2, -0.15) is 8.78 Å². The second kappa shape index (κ2) is 16.8. The van der Waals surface area contributed by atoms with E-state index in [1.807, 2.05) is 69.9 Å². The van der Waals surface area contributed by atoms with Crippen molar-refractivity contribution in [3.05, 3.63) is 83.6 Å². The highest BCUT2D eigenvalue weighted by Gasteiger charge is 2.55. The number of imidazole rings is 2. The van der Waals surface area contributed by atoms with Gasteiger partial charge in [-0.25, -0.2) is 19.6 Å². The van der Waals surface area contributed by atoms with E-state index in [0.717, 1.165) is 37.7 Å². The molecule has 0 bridgehead atoms. The number of piperidine rings is 1. The number of alkyl halides is 2. The number of carbonyl (C=O) groups is 4. The van der Waals surface area contributed by atoms with Crippen molar-refractivity contribution >= 4 is 35.0 Å². The van der Waals surface area contributed by atoms with Crippen molar-refractivity contribution < 1.29 is 37.4 Å². The fourth-order valence-corrected chi connectivity index (χ4v) is 10.5. The van der Waals surface area contributed by atoms with Crippen LogP contribution >= 0.6 is 0 Å². The number of likely N-dealkylation sites (tertiary alicyclic amines) is 2. The van der Waals surface area contributed by atoms with Crippen molar-refractivity contribution in [2.24, 2.45) is 23.2 Å². The van der Waals surface area contributed by atoms with Gasteiger partial charge in [0.1, 0.15) is 23.7 Å². The molecule has 2 aliphatic carbocycles. The van der Waals surface area contributed by atoms with Crippen molar-refractivity contribution in [3.63, 3.8) is 0 Å². The molecule has 1 spiro atoms. The third-order valence-electron chi connectivity index (χ3n) is 14.5. The lowest BCUT2D eigenvalue weighted by atomic mass is 9.85. The summed E-state index contributed by atoms with van der Waals surface area (Å²) < 4.78 is 43.0. The van der Waals surface area contributed by atoms with Crippen molar-refractivity contribution in [1.82, 2.24) is 40.4 Å². The number of benzene rings is 3. The predicted molar refractivity (Wildman–Crippen MR) is 244 cm³/mol. The SMILES string of the molecule is COC(=O)NC(C(=O)N1CC2(CC2)CC1c1ncc(-c2ccc3c(c2)C(F)(F)c2cc(-c4ccc5nc([C@@H]6[C@H](C)CC[C@H](C)N6C(=O)C(NC(=O)OC)C(C)C)[nH]c5c4)ccc2-3)[nH]1)C(C)C. The predicted octanol–water partition coefficient (Wildman–Crippen LogP) is 9.24. The Kier molecular flexibility index (Phi) is 11.4. The van der Waals surface area contributed by atoms with Crippen LogP contribution in [0.4, 0.5) is 18.4 Å². The number of nitrogens with zero attached hydrogens (tertiary/aromatic N) is 4. The zero-order chi connectivity index (χ0) is 47.0. The molecule has 16 heteroatoms. The van der Waals surface area contributed by atoms with E-state index in [2.05, 4.69) is 27.5 Å². The number of hydrogen-bond acceptors (Lipinski definition) is 8. The first-order valence-electron chi connectivity index (χ1n) is 23.0. The van der Waals surface area contributed by atoms with Crippen LogP contribution in [0.1, 0.15) is 109 Å². The number of carbonyl (C=O) groups excluding carboxylic acids is 4. The third kappa shape index (κ3) is 7.85. The number of methoxy groups -OCH3 is 2. The van der Waals surface area contributed by atoms with Gasteiger partial charge in [-0.15, -0.1) is 0 Å². The van der Waals surface area contributed by atoms with Gasteiger partial charge in [-0.05, 0) is 109 Å². The second-order valence-electron chi connectivity index (χ2n) is 19.6. The summed E-state index contributed by atoms with van der Waals surface area (Å²) in [4.78, 5) is 72.7. The van der Waals surface area contributed by atoms with Crippen LogP contribution in [0.2, 0.25) is 0 Å². The maximum Gasteiger partial charge on any atom is 0.407 e. The molecule has 2 aromatic heterocycles. The number of aromatic nitrogens is 4. The molecular formula is C50H58F2N8O6. The number of alkyl carbamates (subject to hydrolysis) is 2. The van der Waals surface area contributed by atoms with Crippen LogP contribution in [0.5, 0.6) is 0 Å². The monoisotopic (exact) mass is 904 g/mol. The van der Waals surface area contributed by atoms with Crippen LogP contribution in [0.3, 0.4) is 0 Å². The number of rotatable bonds is 10. The third-order valence-corrected chi connectivity index (χ3v) is 14.5. The molecule has 4 aliphatic rings. The maximum atomic E-state index is 16.7. The first-order valence-corrected chi connectivity index (χ1v) is 23.0. The lowest BCUT2D eigenvalue weighted by Gasteiger charge is -2.45. The Morgan fingerprint density at radius 2 is 1.36 bits per heavy atom. The smallest absolute Gasteiger partial charge is 0.407 e. The van der Waals surface area contributed by atoms with Crippen LogP contribution in [0, 0.1) is 23.2 Å². The average molecular weight is 905 g/mol. The maximum absolute atomic E-state index is 16.7. The normalized spacial score (nSPS) is 22.3. The van der Waals surface area contributed by atoms with E-state index in [1.165, 1.54) is 20.3 Å². The van der Waals surface area contributed by atoms with Crippen molar-refractivity contribution in [1.29, 1.82) is 0 Å². The Bertz CT molecular complexity index is 2720. The van der Waals surface area contributed by atoms with Gasteiger partial charge in [-0.1, -0.05) is 65.0 Å². The zero-order valence-electron chi connectivity index (χ0n) is 38.6. The molecule has 4 heterocycles. The van der Waals surface area contributed by atoms with Crippen LogP contribution < -0.4 is 10.6 Å². The summed E-state index contributed by atoms with van der Waals surface area (Å²) in [5.41, 5.74) is 4.59. The Balaban J connectivity index is 0.967. The van der Waals surface area contributed by atoms with E-state index in [0.29, 0.717) is 57.2 Å². The lowest BCUT2D eigenvalue weighted by molar-refractivity contribution is -0.143. The summed E-state index contributed by atoms with van der Waals surface area (Å²) in [6.07, 6.45) is 4.69. The molecule has 2 saturated heterocycles. The highest BCUT2D eigenvalue weighted by atomic mass is 19.3. The molecule has 3 unspecified atom stereocenters. The molecule has 14 nitrogen and oxygen atoms in total. The Morgan fingerprint density at radius 1 is 0.773 bits per heavy atom. The minimum Gasteiger partial charge on any atom is -0.453 e. The van der Waals surface area contributed by atoms with E-state index >= 15 is 8.78 Å². The Hall–Kier alpha value is -6.32. The highest BCUT2D eigenvalue weighted by molar-refractivity contribution is 5.89. The van der Waals surface area contributed by atoms with Gasteiger partial charge < -0.3 is 39.9 Å². The number of amides is 4. The molecule has 3 aromatic carbocycles. The van der Waals surface area contributed by atoms with Gasteiger partial charge in [0, 0.05) is 29.3 Å². The largest absolute Gasteiger partial charge is 0.453 e. The number of H-pyrrole nitrogens is 2. The number of ether oxygens (including phenoxy) is 2. The van der Waals surface area contributed by atoms with Crippen molar-refractivity contribution in [2.45, 2.75) is 110 Å². The Morgan fingerprint density at radius 3 is 1.98 bits per heavy atom. The van der Waals surface area contributed by atoms with E-state index in [-0.39, 0.29) is 64.2 Å². The quantitative estimate of drug-likeness (QED) is 0.107. The molecule has 3 fully saturated rings. The van der Waals surface area contributed by atoms with E-state index in [1.54, 1.807) is 29.3 Å². The van der Waals surface area contributed by atoms with E-state index in [9.17, 15) is 19.2 Å². The van der Waals surface area contributed by atoms with Gasteiger partial charge in [-0.3, -0.25) is 9.59 Å². The number of nitrogens with one attached hydrogen (secondary N) is 4. The highest BCUT2D eigenvalue weighted by Crippen LogP contribution is 2.59. The molecule has 9 rings (SSSR count). The average Bonchev–Trinajstić information content (AvgIpc) is 3.61. The standard InChI is InChI=1S/C50H58F2N8O6/c1-25(2)40(57-47(63)65-7)45(61)59-24-49(17-18-49)22-39(59)43-53-23-38(56-43)31-12-15-33-32-14-11-29(19-34(32)50(51,52)35(33)20-31)30-13-16-36-37(21-30)55-44(54-36)42-27(5)9-10-28(6)60(42)46(62)41(26(3)4)58-48(64)66-8/h11-16,19-21,23,25-28,39-42H,9-10,17-18,22,24H2,1-8H3,(H,53,56)(H,54,55)(H,57,63)(H,58,64)/t27-,28+,39?,40?,41?,42+/m1/s1. The number of fused-ring (bicyclic) bond motifs is 4. The van der Waals surface area contributed by atoms with Gasteiger partial charge in [0.2, 0.25) is 11.8 Å². The number of aromatic amines is 2. The molecule has 6 atom stereocenters. The summed E-state index contributed by atoms with van der Waals surface area (Å²) in [6.45, 7) is 12.2. The van der Waals surface area contributed by atoms with Gasteiger partial charge >= 0.3 is 12.2 Å². The minimum absolute atomic E-state index is 0.00749. The van der Waals surface area contributed by atoms with Crippen LogP contribution in [-0.2, 0) is 25.0 Å². The minimum atomic E-state index is -3.29. The van der Waals surface area contributed by atoms with Crippen LogP contribution in [0.25, 0.3) is 44.5 Å². The first kappa shape index (κ1) is 44.9. The molecule has 5 aromatic rings. The lowest BCUT2D eigenvalue weighted by Crippen LogP contribution is -2.56. The molecule has 2 aliphatic heterocycles. The topological polar surface area (TPSA) is 175 Å². The fraction of sp³-hybridized carbons (Fsp3) is 0.480. The fourth-order valence-electron chi connectivity index (χ4n) is 10.5. The Labute approximate surface area is 382 Å². The summed E-state index contributed by atoms with van der Waals surface area (Å²) >= 11 is 0. The molecular weight excluding hydrogens is 847 g/mol.